The number of likely N-dealkylation sites (N-methyl/N-ethyl adjacent to an activating group) is 1. The summed E-state index contributed by atoms with van der Waals surface area (Å²) in [5.74, 6) is 0.138. The highest BCUT2D eigenvalue weighted by atomic mass is 16.2. The molecule has 1 amide bonds. The van der Waals surface area contributed by atoms with Gasteiger partial charge in [0.25, 0.3) is 0 Å². The van der Waals surface area contributed by atoms with Crippen molar-refractivity contribution in [3.63, 3.8) is 0 Å². The minimum Gasteiger partial charge on any atom is -0.358 e. The minimum atomic E-state index is 0.0710. The largest absolute Gasteiger partial charge is 0.358 e. The van der Waals surface area contributed by atoms with Crippen LogP contribution in [0.15, 0.2) is 12.2 Å². The molecule has 0 radical (unpaired) electrons. The van der Waals surface area contributed by atoms with Gasteiger partial charge >= 0.3 is 0 Å². The summed E-state index contributed by atoms with van der Waals surface area (Å²) in [6.07, 6.45) is 2.10. The van der Waals surface area contributed by atoms with Crippen LogP contribution in [0.1, 0.15) is 19.8 Å². The van der Waals surface area contributed by atoms with Gasteiger partial charge in [-0.3, -0.25) is 9.69 Å². The third-order valence-corrected chi connectivity index (χ3v) is 2.39. The molecule has 1 aliphatic rings. The Morgan fingerprint density at radius 1 is 1.69 bits per heavy atom. The Labute approximate surface area is 79.8 Å². The van der Waals surface area contributed by atoms with Gasteiger partial charge in [0, 0.05) is 13.6 Å². The molecule has 1 fully saturated rings. The second-order valence-electron chi connectivity index (χ2n) is 3.70. The summed E-state index contributed by atoms with van der Waals surface area (Å²) in [5.41, 5.74) is 1.12. The lowest BCUT2D eigenvalue weighted by Crippen LogP contribution is -2.42. The fraction of sp³-hybridized carbons (Fsp3) is 0.700. The van der Waals surface area contributed by atoms with Gasteiger partial charge in [-0.05, 0) is 26.3 Å². The zero-order chi connectivity index (χ0) is 9.84. The number of carbonyl (C=O) groups excluding carboxylic acids is 1. The van der Waals surface area contributed by atoms with Crippen molar-refractivity contribution in [3.05, 3.63) is 12.2 Å². The SMILES string of the molecule is C=C(C)CN1CCC[C@@H]1C(=O)NC. The van der Waals surface area contributed by atoms with Gasteiger partial charge in [-0.2, -0.15) is 0 Å². The summed E-state index contributed by atoms with van der Waals surface area (Å²) < 4.78 is 0. The Hall–Kier alpha value is -0.830. The van der Waals surface area contributed by atoms with E-state index in [-0.39, 0.29) is 11.9 Å². The van der Waals surface area contributed by atoms with E-state index >= 15 is 0 Å². The molecule has 0 bridgehead atoms. The monoisotopic (exact) mass is 182 g/mol. The maximum Gasteiger partial charge on any atom is 0.237 e. The smallest absolute Gasteiger partial charge is 0.237 e. The zero-order valence-corrected chi connectivity index (χ0v) is 8.47. The van der Waals surface area contributed by atoms with Crippen LogP contribution >= 0.6 is 0 Å². The van der Waals surface area contributed by atoms with Crippen LogP contribution in [0.2, 0.25) is 0 Å². The molecule has 0 unspecified atom stereocenters. The molecular weight excluding hydrogens is 164 g/mol. The fourth-order valence-corrected chi connectivity index (χ4v) is 1.83. The molecule has 0 spiro atoms. The second-order valence-corrected chi connectivity index (χ2v) is 3.70. The van der Waals surface area contributed by atoms with Crippen LogP contribution in [0.4, 0.5) is 0 Å². The summed E-state index contributed by atoms with van der Waals surface area (Å²) in [4.78, 5) is 13.6. The summed E-state index contributed by atoms with van der Waals surface area (Å²) in [6, 6.07) is 0.0710. The zero-order valence-electron chi connectivity index (χ0n) is 8.47. The van der Waals surface area contributed by atoms with Gasteiger partial charge in [-0.15, -0.1) is 0 Å². The van der Waals surface area contributed by atoms with Crippen molar-refractivity contribution in [2.24, 2.45) is 0 Å². The van der Waals surface area contributed by atoms with E-state index in [0.717, 1.165) is 31.5 Å². The number of amides is 1. The molecule has 1 N–H and O–H groups in total. The van der Waals surface area contributed by atoms with Crippen LogP contribution in [-0.4, -0.2) is 37.0 Å². The number of hydrogen-bond acceptors (Lipinski definition) is 2. The number of nitrogens with zero attached hydrogens (tertiary/aromatic N) is 1. The van der Waals surface area contributed by atoms with Crippen LogP contribution in [0.3, 0.4) is 0 Å². The van der Waals surface area contributed by atoms with Crippen LogP contribution in [0.25, 0.3) is 0 Å². The lowest BCUT2D eigenvalue weighted by molar-refractivity contribution is -0.124. The molecule has 0 aliphatic carbocycles. The molecule has 1 atom stereocenters. The highest BCUT2D eigenvalue weighted by molar-refractivity contribution is 5.81. The second kappa shape index (κ2) is 4.42. The summed E-state index contributed by atoms with van der Waals surface area (Å²) in [7, 11) is 1.69. The molecule has 3 heteroatoms. The standard InChI is InChI=1S/C10H18N2O/c1-8(2)7-12-6-4-5-9(12)10(13)11-3/h9H,1,4-7H2,2-3H3,(H,11,13)/t9-/m1/s1. The molecule has 1 saturated heterocycles. The molecule has 0 aromatic rings. The first-order valence-corrected chi connectivity index (χ1v) is 4.75. The molecule has 74 valence electrons. The summed E-state index contributed by atoms with van der Waals surface area (Å²) >= 11 is 0. The van der Waals surface area contributed by atoms with Gasteiger partial charge in [-0.1, -0.05) is 12.2 Å². The first kappa shape index (κ1) is 10.3. The molecular formula is C10H18N2O. The number of rotatable bonds is 3. The molecule has 3 nitrogen and oxygen atoms in total. The minimum absolute atomic E-state index is 0.0710. The molecule has 0 aromatic carbocycles. The van der Waals surface area contributed by atoms with Gasteiger partial charge in [0.1, 0.15) is 0 Å². The first-order chi connectivity index (χ1) is 6.15. The summed E-state index contributed by atoms with van der Waals surface area (Å²) in [6.45, 7) is 7.73. The Kier molecular flexibility index (Phi) is 3.48. The topological polar surface area (TPSA) is 32.3 Å². The van der Waals surface area contributed by atoms with Gasteiger partial charge in [0.2, 0.25) is 5.91 Å². The lowest BCUT2D eigenvalue weighted by Gasteiger charge is -2.22. The van der Waals surface area contributed by atoms with E-state index in [2.05, 4.69) is 16.8 Å². The number of carbonyl (C=O) groups is 1. The fourth-order valence-electron chi connectivity index (χ4n) is 1.83. The summed E-state index contributed by atoms with van der Waals surface area (Å²) in [5, 5.41) is 2.70. The van der Waals surface area contributed by atoms with Crippen molar-refractivity contribution in [2.45, 2.75) is 25.8 Å². The van der Waals surface area contributed by atoms with Crippen molar-refractivity contribution >= 4 is 5.91 Å². The third-order valence-electron chi connectivity index (χ3n) is 2.39. The third kappa shape index (κ3) is 2.56. The van der Waals surface area contributed by atoms with Gasteiger partial charge in [0.15, 0.2) is 0 Å². The van der Waals surface area contributed by atoms with E-state index in [1.165, 1.54) is 0 Å². The Balaban J connectivity index is 2.53. The van der Waals surface area contributed by atoms with Crippen LogP contribution in [0, 0.1) is 0 Å². The highest BCUT2D eigenvalue weighted by Gasteiger charge is 2.29. The van der Waals surface area contributed by atoms with Gasteiger partial charge < -0.3 is 5.32 Å². The van der Waals surface area contributed by atoms with E-state index in [9.17, 15) is 4.79 Å². The normalized spacial score (nSPS) is 23.1. The van der Waals surface area contributed by atoms with Crippen molar-refractivity contribution in [3.8, 4) is 0 Å². The maximum atomic E-state index is 11.4. The molecule has 1 aliphatic heterocycles. The Morgan fingerprint density at radius 2 is 2.38 bits per heavy atom. The van der Waals surface area contributed by atoms with E-state index in [1.54, 1.807) is 7.05 Å². The van der Waals surface area contributed by atoms with Gasteiger partial charge in [-0.25, -0.2) is 0 Å². The molecule has 1 heterocycles. The predicted molar refractivity (Wildman–Crippen MR) is 53.5 cm³/mol. The maximum absolute atomic E-state index is 11.4. The molecule has 13 heavy (non-hydrogen) atoms. The Bertz CT molecular complexity index is 213. The first-order valence-electron chi connectivity index (χ1n) is 4.75. The highest BCUT2D eigenvalue weighted by Crippen LogP contribution is 2.17. The van der Waals surface area contributed by atoms with Gasteiger partial charge in [0.05, 0.1) is 6.04 Å². The van der Waals surface area contributed by atoms with Crippen LogP contribution < -0.4 is 5.32 Å². The number of hydrogen-bond donors (Lipinski definition) is 1. The average Bonchev–Trinajstić information content (AvgIpc) is 2.50. The van der Waals surface area contributed by atoms with Crippen molar-refractivity contribution in [2.75, 3.05) is 20.1 Å². The molecule has 0 saturated carbocycles. The van der Waals surface area contributed by atoms with E-state index < -0.39 is 0 Å². The predicted octanol–water partition coefficient (Wildman–Crippen LogP) is 0.773. The Morgan fingerprint density at radius 3 is 2.92 bits per heavy atom. The average molecular weight is 182 g/mol. The number of nitrogens with one attached hydrogen (secondary N) is 1. The van der Waals surface area contributed by atoms with Crippen molar-refractivity contribution in [1.82, 2.24) is 10.2 Å². The van der Waals surface area contributed by atoms with Crippen LogP contribution in [0.5, 0.6) is 0 Å². The molecule has 0 aromatic heterocycles. The van der Waals surface area contributed by atoms with Crippen molar-refractivity contribution in [1.29, 1.82) is 0 Å². The quantitative estimate of drug-likeness (QED) is 0.654. The lowest BCUT2D eigenvalue weighted by atomic mass is 10.2. The van der Waals surface area contributed by atoms with E-state index in [0.29, 0.717) is 0 Å². The number of likely N-dealkylation sites (tertiary alicyclic amines) is 1. The van der Waals surface area contributed by atoms with Crippen molar-refractivity contribution < 1.29 is 4.79 Å². The van der Waals surface area contributed by atoms with E-state index in [4.69, 9.17) is 0 Å². The van der Waals surface area contributed by atoms with Crippen LogP contribution in [-0.2, 0) is 4.79 Å². The van der Waals surface area contributed by atoms with E-state index in [1.807, 2.05) is 6.92 Å². The molecule has 1 rings (SSSR count).